The van der Waals surface area contributed by atoms with Gasteiger partial charge >= 0.3 is 12.1 Å². The molecule has 1 heterocycles. The van der Waals surface area contributed by atoms with Crippen molar-refractivity contribution in [1.29, 1.82) is 0 Å². The molecule has 0 fully saturated rings. The van der Waals surface area contributed by atoms with Crippen LogP contribution in [0.2, 0.25) is 5.02 Å². The summed E-state index contributed by atoms with van der Waals surface area (Å²) in [5.41, 5.74) is -1.08. The van der Waals surface area contributed by atoms with Crippen LogP contribution >= 0.6 is 11.6 Å². The van der Waals surface area contributed by atoms with E-state index in [2.05, 4.69) is 15.0 Å². The molecular formula is C16H11ClF4N2O4. The molecule has 0 saturated heterocycles. The first-order valence-electron chi connectivity index (χ1n) is 7.22. The number of hydrogen-bond acceptors (Lipinski definition) is 5. The molecule has 1 aromatic heterocycles. The molecular weight excluding hydrogens is 396 g/mol. The molecule has 6 nitrogen and oxygen atoms in total. The summed E-state index contributed by atoms with van der Waals surface area (Å²) in [6.45, 7) is -1.41. The van der Waals surface area contributed by atoms with Gasteiger partial charge in [0.1, 0.15) is 0 Å². The van der Waals surface area contributed by atoms with E-state index in [0.717, 1.165) is 6.07 Å². The lowest BCUT2D eigenvalue weighted by molar-refractivity contribution is -0.149. The number of esters is 1. The Labute approximate surface area is 155 Å². The van der Waals surface area contributed by atoms with Gasteiger partial charge < -0.3 is 14.8 Å². The molecule has 144 valence electrons. The van der Waals surface area contributed by atoms with Gasteiger partial charge in [-0.15, -0.1) is 0 Å². The van der Waals surface area contributed by atoms with Gasteiger partial charge in [0.15, 0.2) is 30.6 Å². The topological polar surface area (TPSA) is 77.5 Å². The van der Waals surface area contributed by atoms with Gasteiger partial charge in [-0.2, -0.15) is 13.2 Å². The van der Waals surface area contributed by atoms with Crippen LogP contribution in [0, 0.1) is 5.82 Å². The van der Waals surface area contributed by atoms with Crippen molar-refractivity contribution in [3.05, 3.63) is 52.9 Å². The second-order valence-corrected chi connectivity index (χ2v) is 5.39. The van der Waals surface area contributed by atoms with Crippen molar-refractivity contribution in [2.24, 2.45) is 0 Å². The van der Waals surface area contributed by atoms with Crippen molar-refractivity contribution in [2.45, 2.75) is 6.18 Å². The number of nitrogens with zero attached hydrogens (tertiary/aromatic N) is 1. The summed E-state index contributed by atoms with van der Waals surface area (Å²) in [5.74, 6) is -3.01. The van der Waals surface area contributed by atoms with Crippen LogP contribution in [0.5, 0.6) is 5.75 Å². The molecule has 1 amide bonds. The minimum atomic E-state index is -4.63. The number of pyridine rings is 1. The summed E-state index contributed by atoms with van der Waals surface area (Å²) in [6.07, 6.45) is -4.14. The molecule has 0 bridgehead atoms. The summed E-state index contributed by atoms with van der Waals surface area (Å²) < 4.78 is 60.3. The third kappa shape index (κ3) is 6.10. The first-order valence-corrected chi connectivity index (χ1v) is 7.60. The van der Waals surface area contributed by atoms with Crippen LogP contribution < -0.4 is 10.1 Å². The third-order valence-corrected chi connectivity index (χ3v) is 3.26. The highest BCUT2D eigenvalue weighted by atomic mass is 35.5. The van der Waals surface area contributed by atoms with Gasteiger partial charge in [0, 0.05) is 6.20 Å². The van der Waals surface area contributed by atoms with E-state index in [1.165, 1.54) is 18.2 Å². The minimum Gasteiger partial charge on any atom is -0.479 e. The Hall–Kier alpha value is -2.88. The second kappa shape index (κ2) is 8.67. The predicted octanol–water partition coefficient (Wildman–Crippen LogP) is 3.45. The molecule has 0 radical (unpaired) electrons. The molecule has 2 rings (SSSR count). The fraction of sp³-hybridized carbons (Fsp3) is 0.188. The SMILES string of the molecule is O=C(COC(=O)COc1ccccc1F)Nc1ncc(C(F)(F)F)cc1Cl. The standard InChI is InChI=1S/C16H11ClF4N2O4/c17-10-5-9(16(19,20)21)6-22-15(10)23-13(24)7-27-14(25)8-26-12-4-2-1-3-11(12)18/h1-6H,7-8H2,(H,22,23,24). The molecule has 1 aromatic carbocycles. The summed E-state index contributed by atoms with van der Waals surface area (Å²) in [4.78, 5) is 26.6. The molecule has 0 unspecified atom stereocenters. The molecule has 0 saturated carbocycles. The molecule has 1 N–H and O–H groups in total. The fourth-order valence-electron chi connectivity index (χ4n) is 1.74. The van der Waals surface area contributed by atoms with E-state index in [9.17, 15) is 27.2 Å². The smallest absolute Gasteiger partial charge is 0.417 e. The van der Waals surface area contributed by atoms with Crippen molar-refractivity contribution in [1.82, 2.24) is 4.98 Å². The van der Waals surface area contributed by atoms with Gasteiger partial charge in [0.05, 0.1) is 10.6 Å². The Morgan fingerprint density at radius 3 is 2.52 bits per heavy atom. The summed E-state index contributed by atoms with van der Waals surface area (Å²) in [7, 11) is 0. The van der Waals surface area contributed by atoms with E-state index in [1.807, 2.05) is 0 Å². The monoisotopic (exact) mass is 406 g/mol. The van der Waals surface area contributed by atoms with E-state index in [-0.39, 0.29) is 11.6 Å². The van der Waals surface area contributed by atoms with Crippen LogP contribution in [0.25, 0.3) is 0 Å². The number of carbonyl (C=O) groups excluding carboxylic acids is 2. The number of rotatable bonds is 6. The quantitative estimate of drug-likeness (QED) is 0.587. The zero-order chi connectivity index (χ0) is 20.0. The van der Waals surface area contributed by atoms with Crippen molar-refractivity contribution < 1.29 is 36.6 Å². The molecule has 2 aromatic rings. The number of nitrogens with one attached hydrogen (secondary N) is 1. The summed E-state index contributed by atoms with van der Waals surface area (Å²) in [5, 5.41) is 1.66. The maximum atomic E-state index is 13.3. The van der Waals surface area contributed by atoms with Crippen LogP contribution in [0.4, 0.5) is 23.4 Å². The highest BCUT2D eigenvalue weighted by molar-refractivity contribution is 6.33. The van der Waals surface area contributed by atoms with Gasteiger partial charge in [-0.25, -0.2) is 14.2 Å². The first-order chi connectivity index (χ1) is 12.7. The Morgan fingerprint density at radius 1 is 1.19 bits per heavy atom. The summed E-state index contributed by atoms with van der Waals surface area (Å²) in [6, 6.07) is 5.96. The number of halogens is 5. The first kappa shape index (κ1) is 20.4. The lowest BCUT2D eigenvalue weighted by Crippen LogP contribution is -2.24. The zero-order valence-corrected chi connectivity index (χ0v) is 14.1. The second-order valence-electron chi connectivity index (χ2n) is 4.98. The Morgan fingerprint density at radius 2 is 1.89 bits per heavy atom. The van der Waals surface area contributed by atoms with E-state index in [1.54, 1.807) is 0 Å². The maximum Gasteiger partial charge on any atom is 0.417 e. The fourth-order valence-corrected chi connectivity index (χ4v) is 1.95. The van der Waals surface area contributed by atoms with E-state index in [4.69, 9.17) is 16.3 Å². The van der Waals surface area contributed by atoms with Crippen molar-refractivity contribution >= 4 is 29.3 Å². The van der Waals surface area contributed by atoms with Gasteiger partial charge in [0.25, 0.3) is 5.91 Å². The van der Waals surface area contributed by atoms with Crippen LogP contribution in [-0.4, -0.2) is 30.1 Å². The number of anilines is 1. The van der Waals surface area contributed by atoms with Crippen molar-refractivity contribution in [2.75, 3.05) is 18.5 Å². The lowest BCUT2D eigenvalue weighted by Gasteiger charge is -2.10. The van der Waals surface area contributed by atoms with Crippen LogP contribution in [0.15, 0.2) is 36.5 Å². The normalized spacial score (nSPS) is 11.0. The number of carbonyl (C=O) groups is 2. The number of hydrogen-bond donors (Lipinski definition) is 1. The molecule has 0 aliphatic carbocycles. The number of ether oxygens (including phenoxy) is 2. The van der Waals surface area contributed by atoms with Crippen LogP contribution in [0.1, 0.15) is 5.56 Å². The van der Waals surface area contributed by atoms with Gasteiger partial charge in [0.2, 0.25) is 0 Å². The van der Waals surface area contributed by atoms with E-state index < -0.39 is 47.7 Å². The van der Waals surface area contributed by atoms with Gasteiger partial charge in [-0.1, -0.05) is 23.7 Å². The number of benzene rings is 1. The summed E-state index contributed by atoms with van der Waals surface area (Å²) >= 11 is 5.63. The number of alkyl halides is 3. The van der Waals surface area contributed by atoms with E-state index in [0.29, 0.717) is 12.3 Å². The van der Waals surface area contributed by atoms with Crippen LogP contribution in [0.3, 0.4) is 0 Å². The number of para-hydroxylation sites is 1. The third-order valence-electron chi connectivity index (χ3n) is 2.97. The Bertz CT molecular complexity index is 845. The molecule has 0 atom stereocenters. The largest absolute Gasteiger partial charge is 0.479 e. The van der Waals surface area contributed by atoms with Gasteiger partial charge in [-0.05, 0) is 18.2 Å². The maximum absolute atomic E-state index is 13.3. The molecule has 11 heteroatoms. The molecule has 0 aliphatic heterocycles. The van der Waals surface area contributed by atoms with Crippen LogP contribution in [-0.2, 0) is 20.5 Å². The Kier molecular flexibility index (Phi) is 6.56. The number of aromatic nitrogens is 1. The average molecular weight is 407 g/mol. The average Bonchev–Trinajstić information content (AvgIpc) is 2.60. The Balaban J connectivity index is 1.82. The highest BCUT2D eigenvalue weighted by Gasteiger charge is 2.31. The molecule has 27 heavy (non-hydrogen) atoms. The molecule has 0 spiro atoms. The van der Waals surface area contributed by atoms with E-state index >= 15 is 0 Å². The lowest BCUT2D eigenvalue weighted by atomic mass is 10.3. The minimum absolute atomic E-state index is 0.167. The van der Waals surface area contributed by atoms with Crippen molar-refractivity contribution in [3.8, 4) is 5.75 Å². The molecule has 0 aliphatic rings. The van der Waals surface area contributed by atoms with Crippen molar-refractivity contribution in [3.63, 3.8) is 0 Å². The number of amides is 1. The predicted molar refractivity (Wildman–Crippen MR) is 85.7 cm³/mol. The highest BCUT2D eigenvalue weighted by Crippen LogP contribution is 2.32. The van der Waals surface area contributed by atoms with Gasteiger partial charge in [-0.3, -0.25) is 4.79 Å². The zero-order valence-electron chi connectivity index (χ0n) is 13.3.